The van der Waals surface area contributed by atoms with Crippen molar-refractivity contribution in [3.63, 3.8) is 0 Å². The molecule has 3 atom stereocenters. The van der Waals surface area contributed by atoms with Crippen molar-refractivity contribution in [2.75, 3.05) is 18.1 Å². The smallest absolute Gasteiger partial charge is 0.390 e. The monoisotopic (exact) mass is 263 g/mol. The van der Waals surface area contributed by atoms with Crippen molar-refractivity contribution in [2.24, 2.45) is 0 Å². The number of sulfone groups is 1. The fourth-order valence-electron chi connectivity index (χ4n) is 1.40. The summed E-state index contributed by atoms with van der Waals surface area (Å²) < 4.78 is 57.7. The van der Waals surface area contributed by atoms with Gasteiger partial charge in [-0.3, -0.25) is 0 Å². The Morgan fingerprint density at radius 2 is 1.94 bits per heavy atom. The van der Waals surface area contributed by atoms with E-state index in [1.165, 1.54) is 0 Å². The Hall–Kier alpha value is -0.380. The number of rotatable bonds is 3. The summed E-state index contributed by atoms with van der Waals surface area (Å²) in [6.07, 6.45) is -8.55. The Morgan fingerprint density at radius 3 is 2.31 bits per heavy atom. The van der Waals surface area contributed by atoms with Crippen LogP contribution in [0.4, 0.5) is 13.2 Å². The molecular formula is C7H12F3NO4S. The first kappa shape index (κ1) is 13.7. The number of hydrogen-bond donors (Lipinski definition) is 3. The summed E-state index contributed by atoms with van der Waals surface area (Å²) in [6, 6.07) is -0.956. The van der Waals surface area contributed by atoms with Crippen molar-refractivity contribution in [3.05, 3.63) is 0 Å². The lowest BCUT2D eigenvalue weighted by Gasteiger charge is -2.19. The molecule has 5 nitrogen and oxygen atoms in total. The highest BCUT2D eigenvalue weighted by Gasteiger charge is 2.41. The minimum atomic E-state index is -4.75. The van der Waals surface area contributed by atoms with Crippen LogP contribution in [0, 0.1) is 0 Å². The van der Waals surface area contributed by atoms with Gasteiger partial charge < -0.3 is 15.5 Å². The van der Waals surface area contributed by atoms with E-state index in [-0.39, 0.29) is 0 Å². The van der Waals surface area contributed by atoms with Crippen molar-refractivity contribution in [1.82, 2.24) is 5.32 Å². The van der Waals surface area contributed by atoms with Gasteiger partial charge in [0.25, 0.3) is 0 Å². The van der Waals surface area contributed by atoms with Crippen molar-refractivity contribution >= 4 is 9.84 Å². The summed E-state index contributed by atoms with van der Waals surface area (Å²) in [6.45, 7) is -0.833. The molecular weight excluding hydrogens is 251 g/mol. The molecule has 3 unspecified atom stereocenters. The number of halogens is 3. The molecule has 0 amide bonds. The average Bonchev–Trinajstić information content (AvgIpc) is 2.33. The standard InChI is InChI=1S/C7H12F3NO4S/c8-7(9,10)6(13)1-11-4-2-16(14,15)3-5(4)12/h4-6,11-13H,1-3H2. The van der Waals surface area contributed by atoms with Gasteiger partial charge in [-0.25, -0.2) is 8.42 Å². The van der Waals surface area contributed by atoms with Gasteiger partial charge in [0.2, 0.25) is 0 Å². The summed E-state index contributed by atoms with van der Waals surface area (Å²) in [5, 5.41) is 20.1. The van der Waals surface area contributed by atoms with Crippen molar-refractivity contribution in [3.8, 4) is 0 Å². The van der Waals surface area contributed by atoms with Crippen LogP contribution in [-0.2, 0) is 9.84 Å². The molecule has 96 valence electrons. The molecule has 1 aliphatic rings. The van der Waals surface area contributed by atoms with Gasteiger partial charge in [0.1, 0.15) is 0 Å². The number of aliphatic hydroxyl groups is 2. The Labute approximate surface area is 90.2 Å². The highest BCUT2D eigenvalue weighted by Crippen LogP contribution is 2.20. The second-order valence-electron chi connectivity index (χ2n) is 3.72. The zero-order valence-corrected chi connectivity index (χ0v) is 8.92. The lowest BCUT2D eigenvalue weighted by Crippen LogP contribution is -2.46. The van der Waals surface area contributed by atoms with Crippen LogP contribution >= 0.6 is 0 Å². The maximum atomic E-state index is 11.9. The molecule has 0 radical (unpaired) electrons. The van der Waals surface area contributed by atoms with Crippen molar-refractivity contribution < 1.29 is 31.8 Å². The van der Waals surface area contributed by atoms with E-state index in [2.05, 4.69) is 5.32 Å². The minimum absolute atomic E-state index is 0.418. The van der Waals surface area contributed by atoms with Crippen LogP contribution in [-0.4, -0.2) is 61.1 Å². The van der Waals surface area contributed by atoms with Gasteiger partial charge in [-0.1, -0.05) is 0 Å². The van der Waals surface area contributed by atoms with Gasteiger partial charge in [-0.15, -0.1) is 0 Å². The van der Waals surface area contributed by atoms with E-state index in [9.17, 15) is 26.7 Å². The minimum Gasteiger partial charge on any atom is -0.390 e. The topological polar surface area (TPSA) is 86.6 Å². The Bertz CT molecular complexity index is 342. The third-order valence-corrected chi connectivity index (χ3v) is 3.99. The third kappa shape index (κ3) is 3.58. The second kappa shape index (κ2) is 4.47. The van der Waals surface area contributed by atoms with E-state index in [0.29, 0.717) is 0 Å². The van der Waals surface area contributed by atoms with Crippen LogP contribution in [0.1, 0.15) is 0 Å². The predicted octanol–water partition coefficient (Wildman–Crippen LogP) is -1.34. The molecule has 0 aliphatic carbocycles. The first-order chi connectivity index (χ1) is 7.12. The van der Waals surface area contributed by atoms with Crippen LogP contribution in [0.15, 0.2) is 0 Å². The molecule has 1 heterocycles. The fraction of sp³-hybridized carbons (Fsp3) is 1.00. The molecule has 0 aromatic heterocycles. The Kier molecular flexibility index (Phi) is 3.83. The van der Waals surface area contributed by atoms with E-state index in [1.807, 2.05) is 0 Å². The number of alkyl halides is 3. The van der Waals surface area contributed by atoms with Gasteiger partial charge >= 0.3 is 6.18 Å². The van der Waals surface area contributed by atoms with Crippen LogP contribution < -0.4 is 5.32 Å². The van der Waals surface area contributed by atoms with E-state index in [4.69, 9.17) is 5.11 Å². The second-order valence-corrected chi connectivity index (χ2v) is 5.87. The van der Waals surface area contributed by atoms with Crippen molar-refractivity contribution in [2.45, 2.75) is 24.4 Å². The van der Waals surface area contributed by atoms with E-state index >= 15 is 0 Å². The van der Waals surface area contributed by atoms with Gasteiger partial charge in [0.05, 0.1) is 17.6 Å². The Morgan fingerprint density at radius 1 is 1.38 bits per heavy atom. The zero-order valence-electron chi connectivity index (χ0n) is 8.11. The molecule has 1 rings (SSSR count). The zero-order chi connectivity index (χ0) is 12.6. The average molecular weight is 263 g/mol. The highest BCUT2D eigenvalue weighted by molar-refractivity contribution is 7.91. The molecule has 0 saturated carbocycles. The number of nitrogens with one attached hydrogen (secondary N) is 1. The molecule has 1 fully saturated rings. The van der Waals surface area contributed by atoms with E-state index in [1.54, 1.807) is 0 Å². The number of aliphatic hydroxyl groups excluding tert-OH is 2. The maximum Gasteiger partial charge on any atom is 0.415 e. The largest absolute Gasteiger partial charge is 0.415 e. The van der Waals surface area contributed by atoms with Crippen LogP contribution in [0.25, 0.3) is 0 Å². The van der Waals surface area contributed by atoms with Crippen LogP contribution in [0.5, 0.6) is 0 Å². The highest BCUT2D eigenvalue weighted by atomic mass is 32.2. The quantitative estimate of drug-likeness (QED) is 0.586. The molecule has 16 heavy (non-hydrogen) atoms. The summed E-state index contributed by atoms with van der Waals surface area (Å²) in [4.78, 5) is 0. The molecule has 0 bridgehead atoms. The van der Waals surface area contributed by atoms with Gasteiger partial charge in [0.15, 0.2) is 15.9 Å². The lowest BCUT2D eigenvalue weighted by molar-refractivity contribution is -0.202. The lowest BCUT2D eigenvalue weighted by atomic mass is 10.2. The first-order valence-electron chi connectivity index (χ1n) is 4.48. The first-order valence-corrected chi connectivity index (χ1v) is 6.30. The maximum absolute atomic E-state index is 11.9. The molecule has 0 aromatic carbocycles. The summed E-state index contributed by atoms with van der Waals surface area (Å²) in [5.74, 6) is -0.883. The molecule has 0 aromatic rings. The third-order valence-electron chi connectivity index (χ3n) is 2.27. The summed E-state index contributed by atoms with van der Waals surface area (Å²) in [5.41, 5.74) is 0. The Balaban J connectivity index is 2.46. The van der Waals surface area contributed by atoms with Gasteiger partial charge in [-0.05, 0) is 0 Å². The summed E-state index contributed by atoms with van der Waals surface area (Å²) >= 11 is 0. The van der Waals surface area contributed by atoms with Gasteiger partial charge in [-0.2, -0.15) is 13.2 Å². The SMILES string of the molecule is O=S1(=O)CC(O)C(NCC(O)C(F)(F)F)C1. The van der Waals surface area contributed by atoms with E-state index in [0.717, 1.165) is 0 Å². The molecule has 1 aliphatic heterocycles. The number of hydrogen-bond acceptors (Lipinski definition) is 5. The van der Waals surface area contributed by atoms with Gasteiger partial charge in [0, 0.05) is 12.6 Å². The fourth-order valence-corrected chi connectivity index (χ4v) is 3.18. The molecule has 0 spiro atoms. The molecule has 9 heteroatoms. The van der Waals surface area contributed by atoms with Crippen LogP contribution in [0.2, 0.25) is 0 Å². The molecule has 3 N–H and O–H groups in total. The summed E-state index contributed by atoms with van der Waals surface area (Å²) in [7, 11) is -3.40. The normalized spacial score (nSPS) is 31.6. The predicted molar refractivity (Wildman–Crippen MR) is 48.5 cm³/mol. The van der Waals surface area contributed by atoms with Crippen LogP contribution in [0.3, 0.4) is 0 Å². The van der Waals surface area contributed by atoms with Crippen molar-refractivity contribution in [1.29, 1.82) is 0 Å². The molecule has 1 saturated heterocycles. The van der Waals surface area contributed by atoms with E-state index < -0.39 is 52.3 Å².